The van der Waals surface area contributed by atoms with Gasteiger partial charge in [-0.3, -0.25) is 19.2 Å². The molecule has 11 nitrogen and oxygen atoms in total. The first-order chi connectivity index (χ1) is 28.1. The predicted octanol–water partition coefficient (Wildman–Crippen LogP) is 7.13. The van der Waals surface area contributed by atoms with Crippen LogP contribution in [-0.4, -0.2) is 66.9 Å². The zero-order valence-electron chi connectivity index (χ0n) is 33.4. The van der Waals surface area contributed by atoms with Gasteiger partial charge in [0.15, 0.2) is 5.60 Å². The maximum absolute atomic E-state index is 15.4. The van der Waals surface area contributed by atoms with Crippen molar-refractivity contribution in [1.82, 2.24) is 15.0 Å². The fourth-order valence-corrected chi connectivity index (χ4v) is 13.9. The molecule has 12 heteroatoms. The number of carbonyl (C=O) groups is 2. The number of amides is 2. The van der Waals surface area contributed by atoms with Crippen molar-refractivity contribution in [3.63, 3.8) is 0 Å². The molecular formula is C46H47N5O6Si. The summed E-state index contributed by atoms with van der Waals surface area (Å²) in [5.41, 5.74) is 4.39. The number of aryl methyl sites for hydroxylation is 1. The van der Waals surface area contributed by atoms with E-state index in [4.69, 9.17) is 14.2 Å². The molecule has 0 radical (unpaired) electrons. The van der Waals surface area contributed by atoms with Gasteiger partial charge in [0, 0.05) is 48.3 Å². The van der Waals surface area contributed by atoms with Crippen LogP contribution < -0.4 is 24.5 Å². The number of aromatic nitrogens is 3. The Bertz CT molecular complexity index is 2530. The second-order valence-electron chi connectivity index (χ2n) is 16.2. The zero-order valence-corrected chi connectivity index (χ0v) is 34.4. The summed E-state index contributed by atoms with van der Waals surface area (Å²) in [7, 11) is 0.938. The zero-order chi connectivity index (χ0) is 40.3. The van der Waals surface area contributed by atoms with E-state index in [1.54, 1.807) is 23.8 Å². The molecule has 6 aromatic rings. The summed E-state index contributed by atoms with van der Waals surface area (Å²) < 4.78 is 20.4. The van der Waals surface area contributed by atoms with Gasteiger partial charge < -0.3 is 24.2 Å². The van der Waals surface area contributed by atoms with Gasteiger partial charge in [-0.1, -0.05) is 78.9 Å². The lowest BCUT2D eigenvalue weighted by atomic mass is 9.82. The fourth-order valence-electron chi connectivity index (χ4n) is 9.89. The lowest BCUT2D eigenvalue weighted by molar-refractivity contribution is -0.146. The molecule has 4 heterocycles. The van der Waals surface area contributed by atoms with Gasteiger partial charge in [0.25, 0.3) is 11.8 Å². The van der Waals surface area contributed by atoms with E-state index in [0.29, 0.717) is 37.2 Å². The highest BCUT2D eigenvalue weighted by Gasteiger charge is 2.66. The summed E-state index contributed by atoms with van der Waals surface area (Å²) in [5, 5.41) is 21.3. The van der Waals surface area contributed by atoms with Crippen molar-refractivity contribution >= 4 is 52.9 Å². The molecule has 1 spiro atoms. The number of anilines is 3. The standard InChI is InChI=1S/C46H47N5O6Si/c1-29-43(58(4,5)36-19-16-34(55-2)17-20-36)41(22-24-49-28-32(23-25-52)47-48-49)57-46(29)38-26-35(56-3)18-21-39(38)50(45(46)54)27-30-12-14-33(15-13-30)51-40-11-7-9-31-8-6-10-37(42(31)40)44(51)53/h6-21,26,28-29,41,43,52H,22-25,27H2,1-5H3/t29-,41+,43-,46+/m0/s1. The first-order valence-electron chi connectivity index (χ1n) is 19.9. The average Bonchev–Trinajstić information content (AvgIpc) is 3.96. The molecule has 0 bridgehead atoms. The summed E-state index contributed by atoms with van der Waals surface area (Å²) in [4.78, 5) is 32.7. The molecule has 58 heavy (non-hydrogen) atoms. The number of hydrogen-bond donors (Lipinski definition) is 1. The van der Waals surface area contributed by atoms with Crippen LogP contribution in [0.2, 0.25) is 18.6 Å². The van der Waals surface area contributed by atoms with Gasteiger partial charge in [-0.05, 0) is 77.5 Å². The Morgan fingerprint density at radius 3 is 2.33 bits per heavy atom. The van der Waals surface area contributed by atoms with Crippen LogP contribution in [0.1, 0.15) is 40.5 Å². The van der Waals surface area contributed by atoms with Crippen LogP contribution in [0.5, 0.6) is 11.5 Å². The van der Waals surface area contributed by atoms with Crippen LogP contribution in [-0.2, 0) is 34.6 Å². The number of rotatable bonds is 12. The third-order valence-corrected chi connectivity index (χ3v) is 17.1. The van der Waals surface area contributed by atoms with E-state index < -0.39 is 13.7 Å². The van der Waals surface area contributed by atoms with Crippen molar-refractivity contribution in [2.45, 2.75) is 63.2 Å². The van der Waals surface area contributed by atoms with Gasteiger partial charge in [0.1, 0.15) is 11.5 Å². The molecule has 0 unspecified atom stereocenters. The van der Waals surface area contributed by atoms with Crippen LogP contribution >= 0.6 is 0 Å². The quantitative estimate of drug-likeness (QED) is 0.130. The van der Waals surface area contributed by atoms with Crippen molar-refractivity contribution in [3.8, 4) is 11.5 Å². The number of benzene rings is 5. The van der Waals surface area contributed by atoms with E-state index >= 15 is 4.79 Å². The second kappa shape index (κ2) is 14.5. The molecule has 1 N–H and O–H groups in total. The number of aliphatic hydroxyl groups excluding tert-OH is 1. The number of aliphatic hydroxyl groups is 1. The molecule has 4 atom stereocenters. The maximum atomic E-state index is 15.4. The molecule has 0 aliphatic carbocycles. The fraction of sp³-hybridized carbons (Fsp3) is 0.304. The molecule has 0 saturated carbocycles. The molecule has 1 fully saturated rings. The summed E-state index contributed by atoms with van der Waals surface area (Å²) in [6.45, 7) is 7.79. The van der Waals surface area contributed by atoms with Crippen LogP contribution in [0.3, 0.4) is 0 Å². The molecule has 3 aliphatic rings. The highest BCUT2D eigenvalue weighted by atomic mass is 28.3. The highest BCUT2D eigenvalue weighted by Crippen LogP contribution is 2.60. The van der Waals surface area contributed by atoms with Crippen molar-refractivity contribution in [2.75, 3.05) is 30.6 Å². The molecular weight excluding hydrogens is 747 g/mol. The average molecular weight is 794 g/mol. The third kappa shape index (κ3) is 5.92. The molecule has 1 saturated heterocycles. The second-order valence-corrected chi connectivity index (χ2v) is 20.8. The summed E-state index contributed by atoms with van der Waals surface area (Å²) >= 11 is 0. The first kappa shape index (κ1) is 37.7. The van der Waals surface area contributed by atoms with E-state index in [2.05, 4.69) is 42.5 Å². The number of hydrogen-bond acceptors (Lipinski definition) is 8. The van der Waals surface area contributed by atoms with E-state index in [1.165, 1.54) is 5.19 Å². The van der Waals surface area contributed by atoms with Gasteiger partial charge in [0.05, 0.1) is 57.6 Å². The number of nitrogens with zero attached hydrogens (tertiary/aromatic N) is 5. The Hall–Kier alpha value is -5.82. The predicted molar refractivity (Wildman–Crippen MR) is 226 cm³/mol. The maximum Gasteiger partial charge on any atom is 0.264 e. The largest absolute Gasteiger partial charge is 0.497 e. The molecule has 296 valence electrons. The summed E-state index contributed by atoms with van der Waals surface area (Å²) in [5.74, 6) is 1.11. The van der Waals surface area contributed by atoms with Crippen LogP contribution in [0.4, 0.5) is 17.1 Å². The van der Waals surface area contributed by atoms with Gasteiger partial charge >= 0.3 is 0 Å². The Balaban J connectivity index is 1.06. The summed E-state index contributed by atoms with van der Waals surface area (Å²) in [6.07, 6.45) is 2.65. The number of methoxy groups -OCH3 is 2. The number of carbonyl (C=O) groups excluding carboxylic acids is 2. The minimum absolute atomic E-state index is 0.00355. The van der Waals surface area contributed by atoms with Crippen LogP contribution in [0.15, 0.2) is 109 Å². The van der Waals surface area contributed by atoms with Crippen LogP contribution in [0.25, 0.3) is 10.8 Å². The third-order valence-electron chi connectivity index (χ3n) is 12.7. The Kier molecular flexibility index (Phi) is 9.45. The van der Waals surface area contributed by atoms with Crippen molar-refractivity contribution < 1.29 is 28.9 Å². The first-order valence-corrected chi connectivity index (χ1v) is 22.9. The summed E-state index contributed by atoms with van der Waals surface area (Å²) in [6, 6.07) is 34.0. The molecule has 5 aromatic carbocycles. The van der Waals surface area contributed by atoms with Gasteiger partial charge in [0.2, 0.25) is 0 Å². The van der Waals surface area contributed by atoms with Crippen LogP contribution in [0, 0.1) is 5.92 Å². The molecule has 1 aromatic heterocycles. The van der Waals surface area contributed by atoms with E-state index in [9.17, 15) is 9.90 Å². The van der Waals surface area contributed by atoms with E-state index in [0.717, 1.165) is 50.4 Å². The smallest absolute Gasteiger partial charge is 0.264 e. The monoisotopic (exact) mass is 793 g/mol. The molecule has 9 rings (SSSR count). The normalized spacial score (nSPS) is 21.1. The van der Waals surface area contributed by atoms with Crippen molar-refractivity contribution in [1.29, 1.82) is 0 Å². The SMILES string of the molecule is COc1ccc([Si](C)(C)[C@@H]2[C@@H](CCn3cc(CCO)nn3)O[C@]3(C(=O)N(Cc4ccc(N5C(=O)c6cccc7cccc5c67)cc4)c4ccc(OC)cc43)[C@H]2C)cc1. The molecule has 3 aliphatic heterocycles. The number of fused-ring (bicyclic) bond motifs is 2. The minimum atomic E-state index is -2.38. The lowest BCUT2D eigenvalue weighted by Crippen LogP contribution is -2.51. The Morgan fingerprint density at radius 1 is 0.879 bits per heavy atom. The van der Waals surface area contributed by atoms with Gasteiger partial charge in [-0.2, -0.15) is 0 Å². The van der Waals surface area contributed by atoms with Gasteiger partial charge in [-0.15, -0.1) is 5.10 Å². The number of ether oxygens (including phenoxy) is 3. The lowest BCUT2D eigenvalue weighted by Gasteiger charge is -2.37. The Morgan fingerprint density at radius 2 is 1.60 bits per heavy atom. The van der Waals surface area contributed by atoms with Crippen molar-refractivity contribution in [3.05, 3.63) is 132 Å². The van der Waals surface area contributed by atoms with Gasteiger partial charge in [-0.25, -0.2) is 0 Å². The van der Waals surface area contributed by atoms with E-state index in [-0.39, 0.29) is 36.0 Å². The van der Waals surface area contributed by atoms with Crippen molar-refractivity contribution in [2.24, 2.45) is 5.92 Å². The van der Waals surface area contributed by atoms with E-state index in [1.807, 2.05) is 102 Å². The Labute approximate surface area is 338 Å². The minimum Gasteiger partial charge on any atom is -0.497 e. The topological polar surface area (TPSA) is 119 Å². The molecule has 2 amide bonds. The highest BCUT2D eigenvalue weighted by molar-refractivity contribution is 6.91.